The molecule has 0 spiro atoms. The van der Waals surface area contributed by atoms with Crippen LogP contribution in [-0.4, -0.2) is 53.7 Å². The molecule has 0 fully saturated rings. The fourth-order valence-corrected chi connectivity index (χ4v) is 2.71. The monoisotopic (exact) mass is 578 g/mol. The number of methoxy groups -OCH3 is 2. The van der Waals surface area contributed by atoms with Gasteiger partial charge in [0.25, 0.3) is 5.69 Å². The summed E-state index contributed by atoms with van der Waals surface area (Å²) in [6, 6.07) is 0. The maximum absolute atomic E-state index is 12.3. The molecule has 0 aliphatic rings. The molecule has 0 saturated heterocycles. The van der Waals surface area contributed by atoms with Gasteiger partial charge in [-0.3, -0.25) is 0 Å². The van der Waals surface area contributed by atoms with Gasteiger partial charge in [0, 0.05) is 24.5 Å². The molecule has 0 aliphatic heterocycles. The summed E-state index contributed by atoms with van der Waals surface area (Å²) in [6.07, 6.45) is -2.30. The Morgan fingerprint density at radius 2 is 1.21 bits per heavy atom. The van der Waals surface area contributed by atoms with Gasteiger partial charge in [0.2, 0.25) is 23.4 Å². The van der Waals surface area contributed by atoms with Crippen LogP contribution in [0, 0.1) is 6.57 Å². The number of ether oxygens (including phenoxy) is 2. The number of halogens is 7. The van der Waals surface area contributed by atoms with Crippen LogP contribution in [0.2, 0.25) is 0 Å². The molecule has 4 heterocycles. The highest BCUT2D eigenvalue weighted by molar-refractivity contribution is 5.85. The number of rotatable bonds is 5. The molecule has 0 bridgehead atoms. The van der Waals surface area contributed by atoms with Crippen LogP contribution in [0.15, 0.2) is 37.2 Å². The Labute approximate surface area is 221 Å². The van der Waals surface area contributed by atoms with Gasteiger partial charge >= 0.3 is 12.4 Å². The van der Waals surface area contributed by atoms with Crippen molar-refractivity contribution in [2.45, 2.75) is 18.9 Å². The second-order valence-electron chi connectivity index (χ2n) is 6.92. The summed E-state index contributed by atoms with van der Waals surface area (Å²) in [7, 11) is 2.76. The molecule has 4 aromatic heterocycles. The lowest BCUT2D eigenvalue weighted by atomic mass is 10.3. The Hall–Kier alpha value is -4.50. The van der Waals surface area contributed by atoms with Crippen LogP contribution in [0.3, 0.4) is 0 Å². The Morgan fingerprint density at radius 1 is 0.795 bits per heavy atom. The zero-order valence-corrected chi connectivity index (χ0v) is 20.6. The average Bonchev–Trinajstić information content (AvgIpc) is 3.52. The van der Waals surface area contributed by atoms with Crippen molar-refractivity contribution in [3.63, 3.8) is 0 Å². The topological polar surface area (TPSA) is 136 Å². The molecular weight excluding hydrogens is 562 g/mol. The van der Waals surface area contributed by atoms with E-state index in [9.17, 15) is 26.3 Å². The van der Waals surface area contributed by atoms with Crippen LogP contribution < -0.4 is 15.2 Å². The fourth-order valence-electron chi connectivity index (χ4n) is 2.71. The van der Waals surface area contributed by atoms with Gasteiger partial charge in [-0.05, 0) is 0 Å². The van der Waals surface area contributed by atoms with E-state index in [1.807, 2.05) is 0 Å². The molecule has 19 heteroatoms. The van der Waals surface area contributed by atoms with E-state index in [-0.39, 0.29) is 41.9 Å². The van der Waals surface area contributed by atoms with Gasteiger partial charge in [-0.1, -0.05) is 0 Å². The van der Waals surface area contributed by atoms with E-state index in [0.717, 1.165) is 24.8 Å². The van der Waals surface area contributed by atoms with Gasteiger partial charge in [-0.2, -0.15) is 26.3 Å². The molecule has 208 valence electrons. The fraction of sp³-hybridized carbons (Fsp3) is 0.250. The van der Waals surface area contributed by atoms with Crippen molar-refractivity contribution in [1.82, 2.24) is 39.5 Å². The summed E-state index contributed by atoms with van der Waals surface area (Å²) in [4.78, 5) is 16.1. The normalized spacial score (nSPS) is 11.1. The molecule has 4 rings (SSSR count). The minimum atomic E-state index is -4.60. The van der Waals surface area contributed by atoms with Gasteiger partial charge in [-0.15, -0.1) is 22.6 Å². The van der Waals surface area contributed by atoms with Gasteiger partial charge < -0.3 is 15.2 Å². The quantitative estimate of drug-likeness (QED) is 0.277. The number of aromatic nitrogens is 8. The van der Waals surface area contributed by atoms with E-state index in [4.69, 9.17) is 21.8 Å². The maximum atomic E-state index is 12.3. The first-order valence-corrected chi connectivity index (χ1v) is 10.0. The van der Waals surface area contributed by atoms with Crippen molar-refractivity contribution in [1.29, 1.82) is 0 Å². The molecule has 0 radical (unpaired) electrons. The van der Waals surface area contributed by atoms with Crippen molar-refractivity contribution >= 4 is 18.1 Å². The lowest BCUT2D eigenvalue weighted by Crippen LogP contribution is -2.11. The van der Waals surface area contributed by atoms with Gasteiger partial charge in [0.15, 0.2) is 0 Å². The highest BCUT2D eigenvalue weighted by atomic mass is 35.5. The van der Waals surface area contributed by atoms with Crippen LogP contribution in [0.5, 0.6) is 11.8 Å². The standard InChI is InChI=1S/C10H6F3N5O.C10H10F3N5O.ClH/c1-14-7-5-18(17-8(7)19-2)6-3-15-9(16-4-6)10(11,12)13;1-19-8-6(2-14)5-18(17-8)7-3-15-9(16-4-7)10(11,12)13;/h3-5H,2H3;3-5H,2,14H2,1H3;1H. The summed E-state index contributed by atoms with van der Waals surface area (Å²) in [5.41, 5.74) is 6.73. The Bertz CT molecular complexity index is 1390. The smallest absolute Gasteiger partial charge is 0.451 e. The number of nitrogens with two attached hydrogens (primary N) is 1. The zero-order valence-electron chi connectivity index (χ0n) is 19.8. The van der Waals surface area contributed by atoms with Gasteiger partial charge in [0.1, 0.15) is 5.69 Å². The van der Waals surface area contributed by atoms with E-state index in [1.165, 1.54) is 29.8 Å². The highest BCUT2D eigenvalue weighted by Gasteiger charge is 2.35. The van der Waals surface area contributed by atoms with Crippen LogP contribution in [0.25, 0.3) is 16.2 Å². The number of hydrogen-bond donors (Lipinski definition) is 1. The molecule has 0 atom stereocenters. The predicted octanol–water partition coefficient (Wildman–Crippen LogP) is 3.81. The van der Waals surface area contributed by atoms with E-state index >= 15 is 0 Å². The summed E-state index contributed by atoms with van der Waals surface area (Å²) >= 11 is 0. The van der Waals surface area contributed by atoms with Crippen LogP contribution >= 0.6 is 12.4 Å². The second kappa shape index (κ2) is 12.4. The van der Waals surface area contributed by atoms with Gasteiger partial charge in [0.05, 0.1) is 51.3 Å². The number of alkyl halides is 6. The molecular formula is C20H17ClF6N10O2. The molecule has 0 amide bonds. The first-order chi connectivity index (χ1) is 17.9. The molecule has 0 saturated carbocycles. The maximum Gasteiger partial charge on any atom is 0.451 e. The van der Waals surface area contributed by atoms with E-state index < -0.39 is 24.0 Å². The predicted molar refractivity (Wildman–Crippen MR) is 123 cm³/mol. The first-order valence-electron chi connectivity index (χ1n) is 10.0. The lowest BCUT2D eigenvalue weighted by molar-refractivity contribution is -0.145. The van der Waals surface area contributed by atoms with Crippen molar-refractivity contribution < 1.29 is 35.8 Å². The van der Waals surface area contributed by atoms with E-state index in [0.29, 0.717) is 11.4 Å². The molecule has 0 unspecified atom stereocenters. The molecule has 12 nitrogen and oxygen atoms in total. The van der Waals surface area contributed by atoms with Crippen LogP contribution in [-0.2, 0) is 18.9 Å². The van der Waals surface area contributed by atoms with Crippen molar-refractivity contribution in [3.8, 4) is 23.1 Å². The average molecular weight is 579 g/mol. The number of nitrogens with zero attached hydrogens (tertiary/aromatic N) is 9. The van der Waals surface area contributed by atoms with E-state index in [2.05, 4.69) is 35.0 Å². The van der Waals surface area contributed by atoms with Crippen LogP contribution in [0.4, 0.5) is 32.0 Å². The van der Waals surface area contributed by atoms with Crippen molar-refractivity contribution in [3.05, 3.63) is 65.8 Å². The molecule has 0 aliphatic carbocycles. The second-order valence-corrected chi connectivity index (χ2v) is 6.92. The van der Waals surface area contributed by atoms with E-state index in [1.54, 1.807) is 6.20 Å². The summed E-state index contributed by atoms with van der Waals surface area (Å²) in [5, 5.41) is 7.90. The largest absolute Gasteiger partial charge is 0.488 e. The zero-order chi connectivity index (χ0) is 28.1. The molecule has 39 heavy (non-hydrogen) atoms. The lowest BCUT2D eigenvalue weighted by Gasteiger charge is -2.05. The third kappa shape index (κ3) is 7.30. The van der Waals surface area contributed by atoms with Crippen LogP contribution in [0.1, 0.15) is 17.2 Å². The number of hydrogen-bond acceptors (Lipinski definition) is 9. The molecule has 2 N–H and O–H groups in total. The molecule has 0 aromatic carbocycles. The summed E-state index contributed by atoms with van der Waals surface area (Å²) in [5.74, 6) is -2.05. The SMILES string of the molecule is COc1nn(-c2cnc(C(F)(F)F)nc2)cc1CN.Cl.[C-]#[N+]c1cn(-c2cnc(C(F)(F)F)nc2)nc1OC. The Balaban J connectivity index is 0.000000267. The van der Waals surface area contributed by atoms with Gasteiger partial charge in [-0.25, -0.2) is 34.1 Å². The minimum absolute atomic E-state index is 0. The highest BCUT2D eigenvalue weighted by Crippen LogP contribution is 2.28. The Morgan fingerprint density at radius 3 is 1.51 bits per heavy atom. The first kappa shape index (κ1) is 30.7. The third-order valence-corrected chi connectivity index (χ3v) is 4.45. The molecule has 4 aromatic rings. The third-order valence-electron chi connectivity index (χ3n) is 4.45. The summed E-state index contributed by atoms with van der Waals surface area (Å²) < 4.78 is 86.1. The van der Waals surface area contributed by atoms with Crippen molar-refractivity contribution in [2.75, 3.05) is 14.2 Å². The summed E-state index contributed by atoms with van der Waals surface area (Å²) in [6.45, 7) is 7.09. The Kier molecular flexibility index (Phi) is 9.74. The minimum Gasteiger partial charge on any atom is -0.488 e. The van der Waals surface area contributed by atoms with Crippen molar-refractivity contribution in [2.24, 2.45) is 5.73 Å².